The van der Waals surface area contributed by atoms with Crippen LogP contribution in [0.5, 0.6) is 5.75 Å². The van der Waals surface area contributed by atoms with E-state index < -0.39 is 20.2 Å². The summed E-state index contributed by atoms with van der Waals surface area (Å²) < 4.78 is 72.0. The second-order valence-corrected chi connectivity index (χ2v) is 27.6. The normalized spacial score (nSPS) is 12.8. The number of benzene rings is 5. The third kappa shape index (κ3) is 21.3. The summed E-state index contributed by atoms with van der Waals surface area (Å²) in [4.78, 5) is 22.0. The number of thiophene rings is 1. The summed E-state index contributed by atoms with van der Waals surface area (Å²) in [7, 11) is -3.08. The van der Waals surface area contributed by atoms with Crippen molar-refractivity contribution in [1.82, 2.24) is 5.43 Å². The Hall–Kier alpha value is -2.32. The molecule has 6 aromatic rings. The minimum absolute atomic E-state index is 0. The number of hydrogen-bond donors (Lipinski definition) is 3. The van der Waals surface area contributed by atoms with Crippen LogP contribution < -0.4 is 50.0 Å². The van der Waals surface area contributed by atoms with Crippen molar-refractivity contribution >= 4 is 146 Å². The smallest absolute Gasteiger partial charge is 0.748 e. The van der Waals surface area contributed by atoms with E-state index in [2.05, 4.69) is 146 Å². The number of nitrogens with zero attached hydrogens (tertiary/aromatic N) is 1. The van der Waals surface area contributed by atoms with Gasteiger partial charge in [0.2, 0.25) is 6.41 Å². The molecule has 0 radical (unpaired) electrons. The Morgan fingerprint density at radius 2 is 1.33 bits per heavy atom. The van der Waals surface area contributed by atoms with Gasteiger partial charge in [-0.3, -0.25) is 20.2 Å². The van der Waals surface area contributed by atoms with Gasteiger partial charge >= 0.3 is 29.6 Å². The molecule has 1 amide bonds. The van der Waals surface area contributed by atoms with E-state index in [1.54, 1.807) is 111 Å². The van der Waals surface area contributed by atoms with Crippen molar-refractivity contribution in [2.24, 2.45) is 0 Å². The fourth-order valence-electron chi connectivity index (χ4n) is 7.48. The summed E-state index contributed by atoms with van der Waals surface area (Å²) in [6, 6.07) is 33.5. The Morgan fingerprint density at radius 3 is 1.88 bits per heavy atom. The number of allylic oxidation sites excluding steroid dienone is 2. The molecule has 0 bridgehead atoms. The fraction of sp³-hybridized carbons (Fsp3) is 0.315. The Kier molecular flexibility index (Phi) is 29.1. The van der Waals surface area contributed by atoms with Crippen LogP contribution in [-0.4, -0.2) is 82.5 Å². The first-order chi connectivity index (χ1) is 35.9. The second kappa shape index (κ2) is 33.4. The molecule has 76 heavy (non-hydrogen) atoms. The summed E-state index contributed by atoms with van der Waals surface area (Å²) in [5, 5.41) is 2.25. The molecule has 0 aliphatic carbocycles. The van der Waals surface area contributed by atoms with E-state index in [0.29, 0.717) is 50.8 Å². The average Bonchev–Trinajstić information content (AvgIpc) is 3.91. The summed E-state index contributed by atoms with van der Waals surface area (Å²) in [6.45, 7) is 6.96. The van der Waals surface area contributed by atoms with E-state index in [1.165, 1.54) is 56.1 Å². The van der Waals surface area contributed by atoms with Gasteiger partial charge in [0.05, 0.1) is 39.4 Å². The quantitative estimate of drug-likeness (QED) is 0.00996. The molecule has 1 aliphatic heterocycles. The molecule has 0 saturated heterocycles. The van der Waals surface area contributed by atoms with Gasteiger partial charge in [-0.2, -0.15) is 8.42 Å². The monoisotopic (exact) mass is 1230 g/mol. The van der Waals surface area contributed by atoms with Crippen molar-refractivity contribution in [2.45, 2.75) is 93.6 Å². The van der Waals surface area contributed by atoms with E-state index in [9.17, 15) is 30.7 Å². The first-order valence-electron chi connectivity index (χ1n) is 23.7. The predicted molar refractivity (Wildman–Crippen MR) is 328 cm³/mol. The van der Waals surface area contributed by atoms with E-state index in [4.69, 9.17) is 4.74 Å². The third-order valence-corrected chi connectivity index (χ3v) is 21.0. The van der Waals surface area contributed by atoms with Crippen LogP contribution >= 0.6 is 91.7 Å². The van der Waals surface area contributed by atoms with E-state index in [0.717, 1.165) is 38.2 Å². The zero-order chi connectivity index (χ0) is 54.5. The maximum Gasteiger partial charge on any atom is 1.00 e. The summed E-state index contributed by atoms with van der Waals surface area (Å²) in [6.07, 6.45) is 16.7. The molecule has 1 aromatic heterocycles. The fourth-order valence-corrected chi connectivity index (χ4v) is 16.1. The van der Waals surface area contributed by atoms with Crippen molar-refractivity contribution in [1.29, 1.82) is 0 Å². The molecule has 5 aromatic carbocycles. The van der Waals surface area contributed by atoms with Crippen LogP contribution in [0.25, 0.3) is 16.2 Å². The molecule has 22 heteroatoms. The number of anilines is 2. The Labute approximate surface area is 506 Å². The molecule has 3 N–H and O–H groups in total. The zero-order valence-corrected chi connectivity index (χ0v) is 54.3. The van der Waals surface area contributed by atoms with Gasteiger partial charge in [0.1, 0.15) is 5.75 Å². The number of thioether (sulfide) groups is 5. The number of fused-ring (bicyclic) bond motifs is 2. The van der Waals surface area contributed by atoms with Crippen molar-refractivity contribution in [3.63, 3.8) is 0 Å². The molecule has 7 rings (SSSR count). The van der Waals surface area contributed by atoms with Gasteiger partial charge in [-0.25, -0.2) is 8.42 Å². The van der Waals surface area contributed by atoms with Crippen molar-refractivity contribution in [2.75, 3.05) is 60.5 Å². The van der Waals surface area contributed by atoms with Gasteiger partial charge in [0, 0.05) is 56.1 Å². The number of amides is 1. The Bertz CT molecular complexity index is 3070. The summed E-state index contributed by atoms with van der Waals surface area (Å²) in [5.74, 6) is 0.0768. The number of para-hydroxylation sites is 2. The van der Waals surface area contributed by atoms with Gasteiger partial charge in [0.15, 0.2) is 0 Å². The first-order valence-corrected chi connectivity index (χ1v) is 35.6. The number of unbranched alkanes of at least 4 members (excludes halogenated alkanes) is 2. The minimum Gasteiger partial charge on any atom is -0.748 e. The van der Waals surface area contributed by atoms with E-state index >= 15 is 0 Å². The van der Waals surface area contributed by atoms with Gasteiger partial charge in [-0.05, 0) is 167 Å². The summed E-state index contributed by atoms with van der Waals surface area (Å²) in [5.41, 5.74) is 11.8. The molecule has 2 heterocycles. The number of ether oxygens (including phenoxy) is 1. The molecule has 0 fully saturated rings. The van der Waals surface area contributed by atoms with Crippen LogP contribution in [0.15, 0.2) is 148 Å². The third-order valence-electron chi connectivity index (χ3n) is 11.4. The molecule has 0 spiro atoms. The molecule has 0 unspecified atom stereocenters. The molecule has 0 atom stereocenters. The molecule has 11 nitrogen and oxygen atoms in total. The second-order valence-electron chi connectivity index (χ2n) is 16.7. The van der Waals surface area contributed by atoms with Gasteiger partial charge in [-0.15, -0.1) is 58.4 Å². The number of hydrogen-bond acceptors (Lipinski definition) is 17. The number of hydrazine groups is 1. The number of nitrogens with one attached hydrogen (secondary N) is 2. The Balaban J connectivity index is 0.000000347. The molecular weight excluding hydrogens is 1160 g/mol. The summed E-state index contributed by atoms with van der Waals surface area (Å²) >= 11 is 10.3. The standard InChI is InChI=1S/C32H41NO6S8.C14H14S2.C8H10N2O2.Na/c1-6-21(15-25-22(11-7-9-13-46(34,35)36)23-17-28(40-2)30(42-4)19-26(23)44-25)16-32-33(12-8-10-14-47(37,38)39)24-18-29(41-3)31(43-5)20-27(24)45-32;1-11-3-7-13(8-4-11)15-16-14-9-5-12(2)6-10-14;1-12-8-5-3-2-4-7(8)10-9-6-11;/h15-20H,6-14H2,1-5H3,(H,34,35,36)(H,37,38,39);3-10H,1-2H3;2-6,10H,1H3,(H,9,11);/q;;;+1/p-1/b21-15-,32-16+;;;. The van der Waals surface area contributed by atoms with Crippen molar-refractivity contribution in [3.8, 4) is 5.75 Å². The maximum atomic E-state index is 11.4. The molecular formula is C54H64N3NaO8S10. The maximum absolute atomic E-state index is 11.4. The van der Waals surface area contributed by atoms with E-state index in [1.807, 2.05) is 12.1 Å². The average molecular weight is 1230 g/mol. The largest absolute Gasteiger partial charge is 1.00 e. The SMILES string of the molecule is CCC(=C/c1sc2cc(SC)c(SC)cc2c1CCCCS(=O)(=O)O)/C=C1/Sc2cc(SC)c(SC)cc2N1CCCCS(=O)(=O)[O-].COc1ccccc1NNC=O.Cc1ccc(SSc2ccc(C)cc2)cc1.[Na+]. The van der Waals surface area contributed by atoms with Crippen molar-refractivity contribution in [3.05, 3.63) is 135 Å². The number of carbonyl (C=O) groups excluding carboxylic acids is 1. The van der Waals surface area contributed by atoms with Crippen LogP contribution in [-0.2, 0) is 31.5 Å². The minimum atomic E-state index is -4.26. The molecule has 0 saturated carbocycles. The van der Waals surface area contributed by atoms with Gasteiger partial charge < -0.3 is 14.2 Å². The Morgan fingerprint density at radius 1 is 0.763 bits per heavy atom. The molecule has 404 valence electrons. The van der Waals surface area contributed by atoms with E-state index in [-0.39, 0.29) is 41.1 Å². The number of carbonyl (C=O) groups is 1. The number of rotatable bonds is 24. The first kappa shape index (κ1) is 66.2. The van der Waals surface area contributed by atoms with Crippen LogP contribution in [0.4, 0.5) is 11.4 Å². The number of aryl methyl sites for hydroxylation is 3. The number of methoxy groups -OCH3 is 1. The molecule has 1 aliphatic rings. The topological polar surface area (TPSA) is 165 Å². The van der Waals surface area contributed by atoms with Gasteiger partial charge in [0.25, 0.3) is 10.1 Å². The predicted octanol–water partition coefficient (Wildman–Crippen LogP) is 12.4. The van der Waals surface area contributed by atoms with Crippen LogP contribution in [0.1, 0.15) is 60.6 Å². The van der Waals surface area contributed by atoms with Crippen LogP contribution in [0, 0.1) is 13.8 Å². The zero-order valence-electron chi connectivity index (χ0n) is 44.2. The van der Waals surface area contributed by atoms with Crippen molar-refractivity contribution < 1.29 is 65.0 Å². The van der Waals surface area contributed by atoms with Crippen LogP contribution in [0.3, 0.4) is 0 Å². The van der Waals surface area contributed by atoms with Crippen LogP contribution in [0.2, 0.25) is 0 Å². The van der Waals surface area contributed by atoms with Gasteiger partial charge in [-0.1, -0.05) is 87.8 Å².